The van der Waals surface area contributed by atoms with Gasteiger partial charge in [-0.3, -0.25) is 4.90 Å². The van der Waals surface area contributed by atoms with Gasteiger partial charge in [-0.2, -0.15) is 16.7 Å². The van der Waals surface area contributed by atoms with Gasteiger partial charge in [0.05, 0.1) is 24.0 Å². The third-order valence-corrected chi connectivity index (χ3v) is 3.77. The number of aliphatic hydroxyl groups is 2. The molecule has 102 valence electrons. The van der Waals surface area contributed by atoms with Crippen LogP contribution < -0.4 is 0 Å². The highest BCUT2D eigenvalue weighted by Gasteiger charge is 2.36. The van der Waals surface area contributed by atoms with Crippen molar-refractivity contribution in [2.75, 3.05) is 19.3 Å². The van der Waals surface area contributed by atoms with Crippen LogP contribution in [0.5, 0.6) is 0 Å². The van der Waals surface area contributed by atoms with Crippen LogP contribution in [0.15, 0.2) is 4.52 Å². The molecule has 1 aromatic rings. The number of nitrogens with zero attached hydrogens (tertiary/aromatic N) is 3. The summed E-state index contributed by atoms with van der Waals surface area (Å²) in [5, 5.41) is 23.6. The zero-order valence-electron chi connectivity index (χ0n) is 10.7. The molecule has 2 rings (SSSR count). The number of hydrogen-bond donors (Lipinski definition) is 2. The van der Waals surface area contributed by atoms with Gasteiger partial charge < -0.3 is 14.7 Å². The van der Waals surface area contributed by atoms with E-state index < -0.39 is 11.7 Å². The highest BCUT2D eigenvalue weighted by atomic mass is 32.2. The normalized spacial score (nSPS) is 29.7. The van der Waals surface area contributed by atoms with Crippen molar-refractivity contribution in [2.24, 2.45) is 0 Å². The van der Waals surface area contributed by atoms with E-state index in [9.17, 15) is 10.2 Å². The number of aromatic nitrogens is 2. The van der Waals surface area contributed by atoms with Crippen molar-refractivity contribution < 1.29 is 14.7 Å². The lowest BCUT2D eigenvalue weighted by Gasteiger charge is -2.39. The number of piperidine rings is 1. The molecule has 1 aliphatic heterocycles. The SMILES string of the molecule is CSCc1noc(CN2CC[C@@](C)(O)[C@@H](O)C2)n1. The Labute approximate surface area is 110 Å². The second kappa shape index (κ2) is 5.56. The van der Waals surface area contributed by atoms with E-state index in [0.717, 1.165) is 5.75 Å². The number of hydrogen-bond acceptors (Lipinski definition) is 7. The molecule has 1 aliphatic rings. The zero-order chi connectivity index (χ0) is 13.2. The Balaban J connectivity index is 1.90. The molecular formula is C11H19N3O3S. The van der Waals surface area contributed by atoms with E-state index in [2.05, 4.69) is 10.1 Å². The molecule has 0 radical (unpaired) electrons. The topological polar surface area (TPSA) is 82.6 Å². The van der Waals surface area contributed by atoms with Crippen molar-refractivity contribution in [2.45, 2.75) is 37.3 Å². The molecule has 2 atom stereocenters. The van der Waals surface area contributed by atoms with Crippen molar-refractivity contribution in [1.29, 1.82) is 0 Å². The van der Waals surface area contributed by atoms with Gasteiger partial charge in [0.25, 0.3) is 0 Å². The largest absolute Gasteiger partial charge is 0.389 e. The zero-order valence-corrected chi connectivity index (χ0v) is 11.5. The van der Waals surface area contributed by atoms with Crippen molar-refractivity contribution in [3.63, 3.8) is 0 Å². The molecule has 1 fully saturated rings. The van der Waals surface area contributed by atoms with Gasteiger partial charge >= 0.3 is 0 Å². The van der Waals surface area contributed by atoms with Gasteiger partial charge in [-0.15, -0.1) is 0 Å². The smallest absolute Gasteiger partial charge is 0.240 e. The maximum absolute atomic E-state index is 9.87. The minimum absolute atomic E-state index is 0.424. The van der Waals surface area contributed by atoms with Crippen LogP contribution in [-0.2, 0) is 12.3 Å². The first-order valence-corrected chi connectivity index (χ1v) is 7.34. The molecule has 6 nitrogen and oxygen atoms in total. The summed E-state index contributed by atoms with van der Waals surface area (Å²) in [5.74, 6) is 2.00. The molecule has 0 amide bonds. The molecular weight excluding hydrogens is 254 g/mol. The van der Waals surface area contributed by atoms with Crippen LogP contribution in [0.1, 0.15) is 25.1 Å². The van der Waals surface area contributed by atoms with E-state index in [1.54, 1.807) is 18.7 Å². The fraction of sp³-hybridized carbons (Fsp3) is 0.818. The molecule has 0 bridgehead atoms. The first kappa shape index (κ1) is 13.8. The molecule has 0 spiro atoms. The molecule has 0 saturated carbocycles. The third kappa shape index (κ3) is 3.23. The Morgan fingerprint density at radius 2 is 2.39 bits per heavy atom. The van der Waals surface area contributed by atoms with Crippen LogP contribution in [0.2, 0.25) is 0 Å². The predicted octanol–water partition coefficient (Wildman–Crippen LogP) is 0.250. The van der Waals surface area contributed by atoms with Gasteiger partial charge in [-0.05, 0) is 19.6 Å². The molecule has 1 saturated heterocycles. The van der Waals surface area contributed by atoms with Gasteiger partial charge in [0, 0.05) is 13.1 Å². The molecule has 2 heterocycles. The first-order chi connectivity index (χ1) is 8.51. The molecule has 18 heavy (non-hydrogen) atoms. The summed E-state index contributed by atoms with van der Waals surface area (Å²) in [7, 11) is 0. The Hall–Kier alpha value is -0.630. The summed E-state index contributed by atoms with van der Waals surface area (Å²) in [4.78, 5) is 6.28. The van der Waals surface area contributed by atoms with Gasteiger partial charge in [0.2, 0.25) is 5.89 Å². The van der Waals surface area contributed by atoms with Crippen molar-refractivity contribution in [3.05, 3.63) is 11.7 Å². The second-order valence-corrected chi connectivity index (χ2v) is 5.76. The minimum atomic E-state index is -0.991. The van der Waals surface area contributed by atoms with E-state index in [1.807, 2.05) is 11.2 Å². The number of likely N-dealkylation sites (tertiary alicyclic amines) is 1. The van der Waals surface area contributed by atoms with Crippen molar-refractivity contribution in [1.82, 2.24) is 15.0 Å². The van der Waals surface area contributed by atoms with E-state index in [4.69, 9.17) is 4.52 Å². The molecule has 0 unspecified atom stereocenters. The average molecular weight is 273 g/mol. The molecule has 2 N–H and O–H groups in total. The van der Waals surface area contributed by atoms with E-state index in [1.165, 1.54) is 0 Å². The van der Waals surface area contributed by atoms with Crippen LogP contribution in [0.3, 0.4) is 0 Å². The lowest BCUT2D eigenvalue weighted by molar-refractivity contribution is -0.109. The average Bonchev–Trinajstić information content (AvgIpc) is 2.72. The summed E-state index contributed by atoms with van der Waals surface area (Å²) < 4.78 is 5.15. The Morgan fingerprint density at radius 3 is 3.06 bits per heavy atom. The Morgan fingerprint density at radius 1 is 1.61 bits per heavy atom. The van der Waals surface area contributed by atoms with Crippen molar-refractivity contribution in [3.8, 4) is 0 Å². The van der Waals surface area contributed by atoms with Crippen LogP contribution in [0.25, 0.3) is 0 Å². The lowest BCUT2D eigenvalue weighted by atomic mass is 9.91. The summed E-state index contributed by atoms with van der Waals surface area (Å²) in [6.07, 6.45) is 1.79. The highest BCUT2D eigenvalue weighted by Crippen LogP contribution is 2.22. The summed E-state index contributed by atoms with van der Waals surface area (Å²) in [6, 6.07) is 0. The summed E-state index contributed by atoms with van der Waals surface area (Å²) in [6.45, 7) is 3.32. The summed E-state index contributed by atoms with van der Waals surface area (Å²) >= 11 is 1.64. The lowest BCUT2D eigenvalue weighted by Crippen LogP contribution is -2.53. The van der Waals surface area contributed by atoms with Gasteiger partial charge in [-0.25, -0.2) is 0 Å². The maximum atomic E-state index is 9.87. The fourth-order valence-electron chi connectivity index (χ4n) is 1.96. The monoisotopic (exact) mass is 273 g/mol. The first-order valence-electron chi connectivity index (χ1n) is 5.94. The van der Waals surface area contributed by atoms with Crippen LogP contribution >= 0.6 is 11.8 Å². The number of β-amino-alcohol motifs (C(OH)–C–C–N with tert-alkyl or cyclic N) is 1. The van der Waals surface area contributed by atoms with Gasteiger partial charge in [-0.1, -0.05) is 5.16 Å². The van der Waals surface area contributed by atoms with E-state index >= 15 is 0 Å². The molecule has 1 aromatic heterocycles. The molecule has 0 aromatic carbocycles. The second-order valence-electron chi connectivity index (χ2n) is 4.90. The Kier molecular flexibility index (Phi) is 4.26. The molecule has 7 heteroatoms. The maximum Gasteiger partial charge on any atom is 0.240 e. The quantitative estimate of drug-likeness (QED) is 0.813. The number of rotatable bonds is 4. The number of thioether (sulfide) groups is 1. The van der Waals surface area contributed by atoms with Gasteiger partial charge in [0.1, 0.15) is 0 Å². The van der Waals surface area contributed by atoms with E-state index in [-0.39, 0.29) is 0 Å². The fourth-order valence-corrected chi connectivity index (χ4v) is 2.34. The van der Waals surface area contributed by atoms with Gasteiger partial charge in [0.15, 0.2) is 5.82 Å². The van der Waals surface area contributed by atoms with Crippen LogP contribution in [-0.4, -0.2) is 56.3 Å². The Bertz CT molecular complexity index is 397. The highest BCUT2D eigenvalue weighted by molar-refractivity contribution is 7.97. The van der Waals surface area contributed by atoms with Crippen LogP contribution in [0, 0.1) is 0 Å². The standard InChI is InChI=1S/C11H19N3O3S/c1-11(16)3-4-14(5-8(11)15)6-10-12-9(7-18-2)13-17-10/h8,15-16H,3-7H2,1-2H3/t8-,11+/m0/s1. The van der Waals surface area contributed by atoms with Crippen molar-refractivity contribution >= 4 is 11.8 Å². The summed E-state index contributed by atoms with van der Waals surface area (Å²) in [5.41, 5.74) is -0.991. The van der Waals surface area contributed by atoms with Crippen LogP contribution in [0.4, 0.5) is 0 Å². The molecule has 0 aliphatic carbocycles. The third-order valence-electron chi connectivity index (χ3n) is 3.23. The minimum Gasteiger partial charge on any atom is -0.389 e. The van der Waals surface area contributed by atoms with E-state index in [0.29, 0.717) is 37.8 Å². The number of aliphatic hydroxyl groups excluding tert-OH is 1. The predicted molar refractivity (Wildman–Crippen MR) is 68.0 cm³/mol.